The summed E-state index contributed by atoms with van der Waals surface area (Å²) in [5, 5.41) is 7.94. The molecule has 1 fully saturated rings. The second-order valence-electron chi connectivity index (χ2n) is 6.51. The number of nitrogens with zero attached hydrogens (tertiary/aromatic N) is 1. The number of hydrogen-bond acceptors (Lipinski definition) is 4. The molecule has 1 aromatic carbocycles. The molecule has 2 amide bonds. The van der Waals surface area contributed by atoms with Gasteiger partial charge in [0.1, 0.15) is 0 Å². The Labute approximate surface area is 165 Å². The number of anilines is 1. The average molecular weight is 436 g/mol. The Kier molecular flexibility index (Phi) is 6.45. The molecule has 0 aliphatic carbocycles. The number of aryl methyl sites for hydroxylation is 1. The summed E-state index contributed by atoms with van der Waals surface area (Å²) in [5.41, 5.74) is 1.90. The van der Waals surface area contributed by atoms with Crippen LogP contribution in [0.15, 0.2) is 40.2 Å². The van der Waals surface area contributed by atoms with E-state index in [1.165, 1.54) is 11.3 Å². The summed E-state index contributed by atoms with van der Waals surface area (Å²) >= 11 is 4.91. The van der Waals surface area contributed by atoms with Crippen LogP contribution < -0.4 is 10.6 Å². The van der Waals surface area contributed by atoms with Crippen LogP contribution in [0.2, 0.25) is 0 Å². The number of rotatable bonds is 5. The number of hydrogen-bond donors (Lipinski definition) is 2. The maximum Gasteiger partial charge on any atom is 0.261 e. The lowest BCUT2D eigenvalue weighted by Gasteiger charge is -2.31. The molecule has 5 nitrogen and oxygen atoms in total. The highest BCUT2D eigenvalue weighted by molar-refractivity contribution is 9.10. The molecule has 0 spiro atoms. The second-order valence-corrected chi connectivity index (χ2v) is 8.32. The van der Waals surface area contributed by atoms with Gasteiger partial charge in [-0.3, -0.25) is 14.5 Å². The molecule has 0 atom stereocenters. The first-order chi connectivity index (χ1) is 12.5. The summed E-state index contributed by atoms with van der Waals surface area (Å²) in [5.74, 6) is -0.00500. The molecule has 2 N–H and O–H groups in total. The summed E-state index contributed by atoms with van der Waals surface area (Å²) in [6, 6.07) is 9.68. The van der Waals surface area contributed by atoms with Crippen molar-refractivity contribution in [2.24, 2.45) is 0 Å². The lowest BCUT2D eigenvalue weighted by Crippen LogP contribution is -2.46. The minimum Gasteiger partial charge on any atom is -0.349 e. The number of benzene rings is 1. The van der Waals surface area contributed by atoms with Gasteiger partial charge >= 0.3 is 0 Å². The third-order valence-corrected chi connectivity index (χ3v) is 6.24. The molecule has 2 heterocycles. The number of carbonyl (C=O) groups is 2. The van der Waals surface area contributed by atoms with E-state index in [4.69, 9.17) is 0 Å². The van der Waals surface area contributed by atoms with Gasteiger partial charge in [-0.15, -0.1) is 11.3 Å². The van der Waals surface area contributed by atoms with Crippen LogP contribution in [0.5, 0.6) is 0 Å². The van der Waals surface area contributed by atoms with Crippen molar-refractivity contribution in [3.63, 3.8) is 0 Å². The first kappa shape index (κ1) is 19.1. The number of halogens is 1. The van der Waals surface area contributed by atoms with E-state index < -0.39 is 0 Å². The number of likely N-dealkylation sites (tertiary alicyclic amines) is 1. The zero-order valence-corrected chi connectivity index (χ0v) is 17.0. The van der Waals surface area contributed by atoms with Crippen LogP contribution in [0, 0.1) is 6.92 Å². The van der Waals surface area contributed by atoms with Crippen molar-refractivity contribution < 1.29 is 9.59 Å². The normalized spacial score (nSPS) is 15.6. The third-order valence-electron chi connectivity index (χ3n) is 4.48. The van der Waals surface area contributed by atoms with Gasteiger partial charge in [0.05, 0.1) is 11.4 Å². The first-order valence-corrected chi connectivity index (χ1v) is 10.3. The summed E-state index contributed by atoms with van der Waals surface area (Å²) in [4.78, 5) is 27.2. The van der Waals surface area contributed by atoms with Crippen LogP contribution in [-0.2, 0) is 4.79 Å². The van der Waals surface area contributed by atoms with Crippen LogP contribution in [0.4, 0.5) is 5.69 Å². The summed E-state index contributed by atoms with van der Waals surface area (Å²) < 4.78 is 1.03. The molecule has 2 aromatic rings. The predicted molar refractivity (Wildman–Crippen MR) is 109 cm³/mol. The smallest absolute Gasteiger partial charge is 0.261 e. The van der Waals surface area contributed by atoms with Crippen molar-refractivity contribution in [1.29, 1.82) is 0 Å². The van der Waals surface area contributed by atoms with Gasteiger partial charge in [0.2, 0.25) is 5.91 Å². The van der Waals surface area contributed by atoms with Crippen LogP contribution in [0.1, 0.15) is 28.1 Å². The fourth-order valence-electron chi connectivity index (χ4n) is 3.03. The number of amides is 2. The Bertz CT molecular complexity index is 771. The molecule has 1 aliphatic heterocycles. The van der Waals surface area contributed by atoms with E-state index in [0.29, 0.717) is 6.54 Å². The molecule has 1 saturated heterocycles. The van der Waals surface area contributed by atoms with Gasteiger partial charge in [-0.25, -0.2) is 0 Å². The molecular weight excluding hydrogens is 414 g/mol. The minimum atomic E-state index is -0.00667. The molecule has 0 bridgehead atoms. The largest absolute Gasteiger partial charge is 0.349 e. The van der Waals surface area contributed by atoms with Crippen LogP contribution >= 0.6 is 27.3 Å². The van der Waals surface area contributed by atoms with E-state index >= 15 is 0 Å². The SMILES string of the molecule is Cc1cc(NC(=O)CN2CCC(NC(=O)c3cccs3)CC2)ccc1Br. The monoisotopic (exact) mass is 435 g/mol. The minimum absolute atomic E-state index is 0.00167. The molecule has 1 aromatic heterocycles. The number of nitrogens with one attached hydrogen (secondary N) is 2. The Morgan fingerprint density at radius 3 is 2.69 bits per heavy atom. The summed E-state index contributed by atoms with van der Waals surface area (Å²) in [6.07, 6.45) is 1.73. The van der Waals surface area contributed by atoms with E-state index in [2.05, 4.69) is 31.5 Å². The topological polar surface area (TPSA) is 61.4 Å². The van der Waals surface area contributed by atoms with Crippen molar-refractivity contribution in [3.05, 3.63) is 50.6 Å². The van der Waals surface area contributed by atoms with Gasteiger partial charge in [0.25, 0.3) is 5.91 Å². The van der Waals surface area contributed by atoms with Crippen molar-refractivity contribution in [2.45, 2.75) is 25.8 Å². The van der Waals surface area contributed by atoms with Gasteiger partial charge in [0, 0.05) is 29.3 Å². The standard InChI is InChI=1S/C19H22BrN3O2S/c1-13-11-15(4-5-16(13)20)21-18(24)12-23-8-6-14(7-9-23)22-19(25)17-3-2-10-26-17/h2-5,10-11,14H,6-9,12H2,1H3,(H,21,24)(H,22,25). The van der Waals surface area contributed by atoms with E-state index in [0.717, 1.165) is 46.5 Å². The Balaban J connectivity index is 1.42. The highest BCUT2D eigenvalue weighted by Gasteiger charge is 2.22. The van der Waals surface area contributed by atoms with E-state index in [1.807, 2.05) is 42.6 Å². The summed E-state index contributed by atoms with van der Waals surface area (Å²) in [7, 11) is 0. The highest BCUT2D eigenvalue weighted by Crippen LogP contribution is 2.20. The number of thiophene rings is 1. The molecule has 3 rings (SSSR count). The molecular formula is C19H22BrN3O2S. The molecule has 138 valence electrons. The van der Waals surface area contributed by atoms with Gasteiger partial charge in [-0.1, -0.05) is 22.0 Å². The highest BCUT2D eigenvalue weighted by atomic mass is 79.9. The zero-order valence-electron chi connectivity index (χ0n) is 14.6. The maximum atomic E-state index is 12.3. The van der Waals surface area contributed by atoms with Gasteiger partial charge in [-0.05, 0) is 55.0 Å². The van der Waals surface area contributed by atoms with Crippen LogP contribution in [0.25, 0.3) is 0 Å². The Morgan fingerprint density at radius 1 is 1.27 bits per heavy atom. The Hall–Kier alpha value is -1.70. The lowest BCUT2D eigenvalue weighted by atomic mass is 10.0. The third kappa shape index (κ3) is 5.16. The quantitative estimate of drug-likeness (QED) is 0.752. The fourth-order valence-corrected chi connectivity index (χ4v) is 3.90. The second kappa shape index (κ2) is 8.79. The molecule has 1 aliphatic rings. The van der Waals surface area contributed by atoms with Crippen molar-refractivity contribution in [2.75, 3.05) is 25.0 Å². The molecule has 0 unspecified atom stereocenters. The maximum absolute atomic E-state index is 12.3. The zero-order chi connectivity index (χ0) is 18.5. The molecule has 26 heavy (non-hydrogen) atoms. The van der Waals surface area contributed by atoms with E-state index in [1.54, 1.807) is 0 Å². The van der Waals surface area contributed by atoms with Gasteiger partial charge in [0.15, 0.2) is 0 Å². The lowest BCUT2D eigenvalue weighted by molar-refractivity contribution is -0.117. The molecule has 0 radical (unpaired) electrons. The molecule has 0 saturated carbocycles. The fraction of sp³-hybridized carbons (Fsp3) is 0.368. The number of carbonyl (C=O) groups excluding carboxylic acids is 2. The van der Waals surface area contributed by atoms with Crippen LogP contribution in [0.3, 0.4) is 0 Å². The van der Waals surface area contributed by atoms with Crippen molar-refractivity contribution in [3.8, 4) is 0 Å². The average Bonchev–Trinajstić information content (AvgIpc) is 3.15. The predicted octanol–water partition coefficient (Wildman–Crippen LogP) is 3.65. The Morgan fingerprint density at radius 2 is 2.04 bits per heavy atom. The summed E-state index contributed by atoms with van der Waals surface area (Å²) in [6.45, 7) is 3.99. The molecule has 7 heteroatoms. The van der Waals surface area contributed by atoms with Gasteiger partial charge < -0.3 is 10.6 Å². The van der Waals surface area contributed by atoms with Crippen LogP contribution in [-0.4, -0.2) is 42.4 Å². The van der Waals surface area contributed by atoms with Crippen molar-refractivity contribution >= 4 is 44.8 Å². The number of piperidine rings is 1. The first-order valence-electron chi connectivity index (χ1n) is 8.64. The van der Waals surface area contributed by atoms with E-state index in [-0.39, 0.29) is 17.9 Å². The van der Waals surface area contributed by atoms with E-state index in [9.17, 15) is 9.59 Å². The van der Waals surface area contributed by atoms with Gasteiger partial charge in [-0.2, -0.15) is 0 Å². The van der Waals surface area contributed by atoms with Crippen molar-refractivity contribution in [1.82, 2.24) is 10.2 Å².